The minimum atomic E-state index is -0.337. The van der Waals surface area contributed by atoms with Gasteiger partial charge in [0.2, 0.25) is 0 Å². The molecule has 0 radical (unpaired) electrons. The average molecular weight is 852 g/mol. The lowest BCUT2D eigenvalue weighted by Gasteiger charge is -2.31. The van der Waals surface area contributed by atoms with Crippen LogP contribution in [0.5, 0.6) is 0 Å². The third kappa shape index (κ3) is 6.16. The summed E-state index contributed by atoms with van der Waals surface area (Å²) >= 11 is 0. The van der Waals surface area contributed by atoms with Gasteiger partial charge in [0, 0.05) is 22.2 Å². The van der Waals surface area contributed by atoms with Crippen molar-refractivity contribution in [2.45, 2.75) is 12.3 Å². The van der Waals surface area contributed by atoms with Gasteiger partial charge in [-0.3, -0.25) is 0 Å². The van der Waals surface area contributed by atoms with Crippen LogP contribution < -0.4 is 4.90 Å². The Balaban J connectivity index is 1.05. The second-order valence-corrected chi connectivity index (χ2v) is 18.1. The van der Waals surface area contributed by atoms with Crippen LogP contribution in [0.1, 0.15) is 23.6 Å². The molecule has 67 heavy (non-hydrogen) atoms. The van der Waals surface area contributed by atoms with E-state index in [0.29, 0.717) is 0 Å². The zero-order valence-corrected chi connectivity index (χ0v) is 37.2. The van der Waals surface area contributed by atoms with E-state index in [9.17, 15) is 0 Å². The van der Waals surface area contributed by atoms with E-state index < -0.39 is 0 Å². The monoisotopic (exact) mass is 851 g/mol. The highest BCUT2D eigenvalue weighted by Crippen LogP contribution is 2.54. The Hall–Kier alpha value is -8.52. The first kappa shape index (κ1) is 38.9. The SMILES string of the molecule is CC1(c2ccccc2)c2ccccc2-c2ccc(N(c3cccc(-c4ccc5c(c4)c(-c4ccccc4)c(-c4ccccc4)c4ccccc45)c3)c3cccc4c3ccc3ccccc34)cc21. The zero-order chi connectivity index (χ0) is 44.5. The van der Waals surface area contributed by atoms with Crippen LogP contribution >= 0.6 is 0 Å². The highest BCUT2D eigenvalue weighted by molar-refractivity contribution is 6.22. The van der Waals surface area contributed by atoms with Crippen molar-refractivity contribution < 1.29 is 0 Å². The van der Waals surface area contributed by atoms with E-state index >= 15 is 0 Å². The Morgan fingerprint density at radius 1 is 0.299 bits per heavy atom. The fourth-order valence-corrected chi connectivity index (χ4v) is 11.4. The van der Waals surface area contributed by atoms with Crippen molar-refractivity contribution in [1.82, 2.24) is 0 Å². The molecule has 1 aliphatic rings. The highest BCUT2D eigenvalue weighted by Gasteiger charge is 2.41. The molecule has 1 unspecified atom stereocenters. The maximum atomic E-state index is 2.49. The molecule has 1 aliphatic carbocycles. The first-order valence-corrected chi connectivity index (χ1v) is 23.3. The highest BCUT2D eigenvalue weighted by atomic mass is 15.1. The molecule has 0 aliphatic heterocycles. The summed E-state index contributed by atoms with van der Waals surface area (Å²) in [7, 11) is 0. The minimum absolute atomic E-state index is 0.337. The van der Waals surface area contributed by atoms with E-state index in [4.69, 9.17) is 0 Å². The van der Waals surface area contributed by atoms with Gasteiger partial charge in [0.1, 0.15) is 0 Å². The average Bonchev–Trinajstić information content (AvgIpc) is 3.66. The standard InChI is InChI=1S/C66H45N/c1-66(49-25-9-4-10-26-49)61-33-16-15-30-56(61)57-40-37-51(43-62(57)66)67(63-34-18-32-53-52-28-12-11-19-44(52)35-39-58(53)63)50-27-17-24-47(41-50)48-36-38-55-54-29-13-14-31-59(54)64(45-20-5-2-6-21-45)65(60(55)42-48)46-22-7-3-8-23-46/h2-43H,1H3. The van der Waals surface area contributed by atoms with Crippen molar-refractivity contribution in [3.05, 3.63) is 271 Å². The van der Waals surface area contributed by atoms with Crippen LogP contribution in [-0.4, -0.2) is 0 Å². The molecule has 0 amide bonds. The van der Waals surface area contributed by atoms with E-state index in [0.717, 1.165) is 22.6 Å². The van der Waals surface area contributed by atoms with Crippen molar-refractivity contribution in [2.75, 3.05) is 4.90 Å². The molecule has 1 heteroatoms. The summed E-state index contributed by atoms with van der Waals surface area (Å²) in [6, 6.07) is 94.3. The third-order valence-electron chi connectivity index (χ3n) is 14.5. The lowest BCUT2D eigenvalue weighted by Crippen LogP contribution is -2.22. The van der Waals surface area contributed by atoms with Crippen LogP contribution in [0, 0.1) is 0 Å². The van der Waals surface area contributed by atoms with Crippen molar-refractivity contribution in [2.24, 2.45) is 0 Å². The van der Waals surface area contributed by atoms with E-state index in [1.807, 2.05) is 0 Å². The van der Waals surface area contributed by atoms with E-state index in [1.165, 1.54) is 98.7 Å². The molecule has 13 rings (SSSR count). The summed E-state index contributed by atoms with van der Waals surface area (Å²) < 4.78 is 0. The topological polar surface area (TPSA) is 3.24 Å². The van der Waals surface area contributed by atoms with E-state index in [2.05, 4.69) is 267 Å². The van der Waals surface area contributed by atoms with Crippen LogP contribution in [0.25, 0.3) is 87.6 Å². The Morgan fingerprint density at radius 3 is 1.63 bits per heavy atom. The summed E-state index contributed by atoms with van der Waals surface area (Å²) in [5.74, 6) is 0. The third-order valence-corrected chi connectivity index (χ3v) is 14.5. The van der Waals surface area contributed by atoms with Gasteiger partial charge in [0.15, 0.2) is 0 Å². The predicted octanol–water partition coefficient (Wildman–Crippen LogP) is 18.1. The van der Waals surface area contributed by atoms with Gasteiger partial charge in [-0.2, -0.15) is 0 Å². The molecule has 0 saturated carbocycles. The zero-order valence-electron chi connectivity index (χ0n) is 37.2. The summed E-state index contributed by atoms with van der Waals surface area (Å²) in [6.07, 6.45) is 0. The smallest absolute Gasteiger partial charge is 0.0540 e. The molecular weight excluding hydrogens is 807 g/mol. The molecule has 0 N–H and O–H groups in total. The number of nitrogens with zero attached hydrogens (tertiary/aromatic N) is 1. The molecule has 0 bridgehead atoms. The maximum Gasteiger partial charge on any atom is 0.0540 e. The first-order chi connectivity index (χ1) is 33.1. The van der Waals surface area contributed by atoms with Gasteiger partial charge in [-0.15, -0.1) is 0 Å². The van der Waals surface area contributed by atoms with Crippen molar-refractivity contribution in [3.8, 4) is 44.5 Å². The van der Waals surface area contributed by atoms with Crippen molar-refractivity contribution >= 4 is 60.2 Å². The lowest BCUT2D eigenvalue weighted by molar-refractivity contribution is 0.714. The molecule has 0 spiro atoms. The van der Waals surface area contributed by atoms with Gasteiger partial charge in [-0.25, -0.2) is 0 Å². The second kappa shape index (κ2) is 15.6. The van der Waals surface area contributed by atoms with Crippen LogP contribution in [0.2, 0.25) is 0 Å². The number of anilines is 3. The fraction of sp³-hybridized carbons (Fsp3) is 0.0303. The Bertz CT molecular complexity index is 3870. The summed E-state index contributed by atoms with van der Waals surface area (Å²) in [5, 5.41) is 9.94. The van der Waals surface area contributed by atoms with Gasteiger partial charge >= 0.3 is 0 Å². The quantitative estimate of drug-likeness (QED) is 0.144. The summed E-state index contributed by atoms with van der Waals surface area (Å²) in [4.78, 5) is 2.49. The van der Waals surface area contributed by atoms with Crippen LogP contribution in [0.3, 0.4) is 0 Å². The number of benzene rings is 12. The number of rotatable bonds is 7. The molecule has 12 aromatic carbocycles. The van der Waals surface area contributed by atoms with E-state index in [1.54, 1.807) is 0 Å². The molecular formula is C66H45N. The van der Waals surface area contributed by atoms with Crippen molar-refractivity contribution in [3.63, 3.8) is 0 Å². The normalized spacial score (nSPS) is 14.1. The molecule has 0 saturated heterocycles. The Labute approximate surface area is 391 Å². The van der Waals surface area contributed by atoms with Crippen LogP contribution in [0.4, 0.5) is 17.1 Å². The van der Waals surface area contributed by atoms with Gasteiger partial charge in [0.05, 0.1) is 5.69 Å². The molecule has 1 atom stereocenters. The lowest BCUT2D eigenvalue weighted by atomic mass is 9.74. The van der Waals surface area contributed by atoms with Crippen LogP contribution in [-0.2, 0) is 5.41 Å². The molecule has 12 aromatic rings. The molecule has 0 heterocycles. The van der Waals surface area contributed by atoms with Gasteiger partial charge in [-0.1, -0.05) is 218 Å². The molecule has 0 aromatic heterocycles. The van der Waals surface area contributed by atoms with Gasteiger partial charge < -0.3 is 4.90 Å². The maximum absolute atomic E-state index is 2.49. The molecule has 0 fully saturated rings. The summed E-state index contributed by atoms with van der Waals surface area (Å²) in [6.45, 7) is 2.40. The molecule has 314 valence electrons. The number of fused-ring (bicyclic) bond motifs is 9. The van der Waals surface area contributed by atoms with Gasteiger partial charge in [0.25, 0.3) is 0 Å². The Kier molecular flexibility index (Phi) is 9.05. The van der Waals surface area contributed by atoms with Crippen LogP contribution in [0.15, 0.2) is 255 Å². The summed E-state index contributed by atoms with van der Waals surface area (Å²) in [5.41, 5.74) is 16.8. The number of hydrogen-bond acceptors (Lipinski definition) is 1. The Morgan fingerprint density at radius 2 is 0.836 bits per heavy atom. The second-order valence-electron chi connectivity index (χ2n) is 18.1. The first-order valence-electron chi connectivity index (χ1n) is 23.3. The van der Waals surface area contributed by atoms with Crippen molar-refractivity contribution in [1.29, 1.82) is 0 Å². The fourth-order valence-electron chi connectivity index (χ4n) is 11.4. The number of hydrogen-bond donors (Lipinski definition) is 0. The predicted molar refractivity (Wildman–Crippen MR) is 285 cm³/mol. The largest absolute Gasteiger partial charge is 0.310 e. The minimum Gasteiger partial charge on any atom is -0.310 e. The van der Waals surface area contributed by atoms with Gasteiger partial charge in [-0.05, 0) is 142 Å². The van der Waals surface area contributed by atoms with E-state index in [-0.39, 0.29) is 5.41 Å². The molecule has 1 nitrogen and oxygen atoms in total.